The van der Waals surface area contributed by atoms with Gasteiger partial charge in [0, 0.05) is 32.2 Å². The topological polar surface area (TPSA) is 82.2 Å². The van der Waals surface area contributed by atoms with Crippen molar-refractivity contribution in [1.82, 2.24) is 15.3 Å². The Morgan fingerprint density at radius 3 is 2.77 bits per heavy atom. The summed E-state index contributed by atoms with van der Waals surface area (Å²) >= 11 is 6.11. The minimum Gasteiger partial charge on any atom is -0.368 e. The molecule has 1 aromatic carbocycles. The van der Waals surface area contributed by atoms with Gasteiger partial charge in [-0.1, -0.05) is 17.7 Å². The van der Waals surface area contributed by atoms with E-state index in [1.165, 1.54) is 12.8 Å². The molecule has 26 heavy (non-hydrogen) atoms. The first kappa shape index (κ1) is 18.3. The molecule has 1 saturated heterocycles. The second-order valence-electron chi connectivity index (χ2n) is 6.25. The van der Waals surface area contributed by atoms with Crippen molar-refractivity contribution in [3.05, 3.63) is 41.2 Å². The molecule has 8 heteroatoms. The molecular weight excluding hydrogens is 352 g/mol. The van der Waals surface area contributed by atoms with Crippen molar-refractivity contribution in [3.63, 3.8) is 0 Å². The Morgan fingerprint density at radius 2 is 2.00 bits per heavy atom. The smallest absolute Gasteiger partial charge is 0.319 e. The number of aryl methyl sites for hydroxylation is 1. The zero-order chi connectivity index (χ0) is 18.4. The van der Waals surface area contributed by atoms with Gasteiger partial charge in [0.25, 0.3) is 0 Å². The van der Waals surface area contributed by atoms with E-state index in [4.69, 9.17) is 11.6 Å². The molecule has 0 aliphatic carbocycles. The summed E-state index contributed by atoms with van der Waals surface area (Å²) in [4.78, 5) is 22.7. The van der Waals surface area contributed by atoms with Crippen molar-refractivity contribution < 1.29 is 4.79 Å². The maximum atomic E-state index is 11.9. The Kier molecular flexibility index (Phi) is 6.12. The zero-order valence-electron chi connectivity index (χ0n) is 14.8. The molecule has 0 unspecified atom stereocenters. The summed E-state index contributed by atoms with van der Waals surface area (Å²) in [5, 5.41) is 9.25. The summed E-state index contributed by atoms with van der Waals surface area (Å²) in [6, 6.07) is 7.15. The predicted molar refractivity (Wildman–Crippen MR) is 105 cm³/mol. The normalized spacial score (nSPS) is 13.5. The average Bonchev–Trinajstić information content (AvgIpc) is 3.16. The Labute approximate surface area is 158 Å². The third-order valence-electron chi connectivity index (χ3n) is 4.17. The van der Waals surface area contributed by atoms with Gasteiger partial charge in [0.15, 0.2) is 0 Å². The molecule has 2 aromatic rings. The van der Waals surface area contributed by atoms with Crippen molar-refractivity contribution in [3.8, 4) is 0 Å². The van der Waals surface area contributed by atoms with Crippen LogP contribution < -0.4 is 20.9 Å². The maximum absolute atomic E-state index is 11.9. The van der Waals surface area contributed by atoms with Crippen molar-refractivity contribution in [2.24, 2.45) is 0 Å². The van der Waals surface area contributed by atoms with Gasteiger partial charge in [-0.2, -0.15) is 0 Å². The van der Waals surface area contributed by atoms with E-state index in [0.29, 0.717) is 23.8 Å². The standard InChI is InChI=1S/C18H23ClN6O/c1-13-4-5-15(14(19)10-13)24-18(26)21-7-6-20-16-11-17(23-12-22-16)25-8-2-3-9-25/h4-5,10-12H,2-3,6-9H2,1H3,(H,20,22,23)(H2,21,24,26). The first-order valence-electron chi connectivity index (χ1n) is 8.74. The number of amides is 2. The summed E-state index contributed by atoms with van der Waals surface area (Å²) < 4.78 is 0. The third kappa shape index (κ3) is 4.98. The highest BCUT2D eigenvalue weighted by atomic mass is 35.5. The summed E-state index contributed by atoms with van der Waals surface area (Å²) in [5.74, 6) is 1.70. The fourth-order valence-corrected chi connectivity index (χ4v) is 3.10. The fourth-order valence-electron chi connectivity index (χ4n) is 2.82. The highest BCUT2D eigenvalue weighted by Crippen LogP contribution is 2.22. The first-order valence-corrected chi connectivity index (χ1v) is 9.11. The number of carbonyl (C=O) groups excluding carboxylic acids is 1. The number of nitrogens with one attached hydrogen (secondary N) is 3. The highest BCUT2D eigenvalue weighted by Gasteiger charge is 2.13. The molecule has 138 valence electrons. The minimum atomic E-state index is -0.294. The van der Waals surface area contributed by atoms with Crippen molar-refractivity contribution in [2.45, 2.75) is 19.8 Å². The monoisotopic (exact) mass is 374 g/mol. The second kappa shape index (κ2) is 8.71. The van der Waals surface area contributed by atoms with E-state index in [1.54, 1.807) is 12.4 Å². The van der Waals surface area contributed by atoms with Gasteiger partial charge < -0.3 is 20.9 Å². The number of benzene rings is 1. The van der Waals surface area contributed by atoms with E-state index in [-0.39, 0.29) is 6.03 Å². The minimum absolute atomic E-state index is 0.294. The number of carbonyl (C=O) groups is 1. The lowest BCUT2D eigenvalue weighted by Gasteiger charge is -2.16. The van der Waals surface area contributed by atoms with Crippen LogP contribution >= 0.6 is 11.6 Å². The average molecular weight is 375 g/mol. The molecule has 1 aliphatic rings. The van der Waals surface area contributed by atoms with Crippen LogP contribution in [-0.2, 0) is 0 Å². The Morgan fingerprint density at radius 1 is 1.19 bits per heavy atom. The predicted octanol–water partition coefficient (Wildman–Crippen LogP) is 3.27. The largest absolute Gasteiger partial charge is 0.368 e. The molecule has 0 spiro atoms. The molecule has 2 heterocycles. The molecule has 1 fully saturated rings. The second-order valence-corrected chi connectivity index (χ2v) is 6.65. The number of nitrogens with zero attached hydrogens (tertiary/aromatic N) is 3. The van der Waals surface area contributed by atoms with Gasteiger partial charge in [0.2, 0.25) is 0 Å². The van der Waals surface area contributed by atoms with E-state index >= 15 is 0 Å². The summed E-state index contributed by atoms with van der Waals surface area (Å²) in [6.45, 7) is 5.05. The van der Waals surface area contributed by atoms with Crippen LogP contribution in [-0.4, -0.2) is 42.2 Å². The molecule has 3 N–H and O–H groups in total. The molecular formula is C18H23ClN6O. The van der Waals surface area contributed by atoms with Gasteiger partial charge in [-0.25, -0.2) is 14.8 Å². The summed E-state index contributed by atoms with van der Waals surface area (Å²) in [6.07, 6.45) is 3.98. The summed E-state index contributed by atoms with van der Waals surface area (Å²) in [7, 11) is 0. The van der Waals surface area contributed by atoms with Gasteiger partial charge in [-0.05, 0) is 37.5 Å². The van der Waals surface area contributed by atoms with E-state index in [1.807, 2.05) is 25.1 Å². The lowest BCUT2D eigenvalue weighted by Crippen LogP contribution is -2.32. The quantitative estimate of drug-likeness (QED) is 0.676. The molecule has 0 bridgehead atoms. The Bertz CT molecular complexity index is 763. The number of hydrogen-bond acceptors (Lipinski definition) is 5. The molecule has 0 atom stereocenters. The fraction of sp³-hybridized carbons (Fsp3) is 0.389. The van der Waals surface area contributed by atoms with Gasteiger partial charge in [-0.3, -0.25) is 0 Å². The number of aromatic nitrogens is 2. The maximum Gasteiger partial charge on any atom is 0.319 e. The van der Waals surface area contributed by atoms with Crippen LogP contribution in [0.4, 0.5) is 22.1 Å². The highest BCUT2D eigenvalue weighted by molar-refractivity contribution is 6.33. The van der Waals surface area contributed by atoms with E-state index in [2.05, 4.69) is 30.8 Å². The number of hydrogen-bond donors (Lipinski definition) is 3. The van der Waals surface area contributed by atoms with E-state index in [9.17, 15) is 4.79 Å². The SMILES string of the molecule is Cc1ccc(NC(=O)NCCNc2cc(N3CCCC3)ncn2)c(Cl)c1. The van der Waals surface area contributed by atoms with Crippen molar-refractivity contribution in [1.29, 1.82) is 0 Å². The lowest BCUT2D eigenvalue weighted by molar-refractivity contribution is 0.252. The summed E-state index contributed by atoms with van der Waals surface area (Å²) in [5.41, 5.74) is 1.64. The number of rotatable bonds is 6. The number of anilines is 3. The van der Waals surface area contributed by atoms with E-state index in [0.717, 1.165) is 30.3 Å². The zero-order valence-corrected chi connectivity index (χ0v) is 15.5. The van der Waals surface area contributed by atoms with Crippen LogP contribution in [0.25, 0.3) is 0 Å². The molecule has 7 nitrogen and oxygen atoms in total. The molecule has 3 rings (SSSR count). The molecule has 0 saturated carbocycles. The van der Waals surface area contributed by atoms with Crippen molar-refractivity contribution in [2.75, 3.05) is 41.7 Å². The molecule has 1 aliphatic heterocycles. The third-order valence-corrected chi connectivity index (χ3v) is 4.48. The van der Waals surface area contributed by atoms with Crippen LogP contribution in [0.2, 0.25) is 5.02 Å². The number of halogens is 1. The van der Waals surface area contributed by atoms with Crippen LogP contribution in [0, 0.1) is 6.92 Å². The van der Waals surface area contributed by atoms with Crippen LogP contribution in [0.15, 0.2) is 30.6 Å². The first-order chi connectivity index (χ1) is 12.6. The van der Waals surface area contributed by atoms with Crippen molar-refractivity contribution >= 4 is 35.0 Å². The molecule has 1 aromatic heterocycles. The van der Waals surface area contributed by atoms with Crippen LogP contribution in [0.3, 0.4) is 0 Å². The van der Waals surface area contributed by atoms with Crippen LogP contribution in [0.5, 0.6) is 0 Å². The number of urea groups is 1. The Hall–Kier alpha value is -2.54. The molecule has 2 amide bonds. The molecule has 0 radical (unpaired) electrons. The van der Waals surface area contributed by atoms with Gasteiger partial charge in [0.05, 0.1) is 10.7 Å². The van der Waals surface area contributed by atoms with Gasteiger partial charge >= 0.3 is 6.03 Å². The van der Waals surface area contributed by atoms with Crippen LogP contribution in [0.1, 0.15) is 18.4 Å². The van der Waals surface area contributed by atoms with E-state index < -0.39 is 0 Å². The lowest BCUT2D eigenvalue weighted by atomic mass is 10.2. The van der Waals surface area contributed by atoms with Gasteiger partial charge in [-0.15, -0.1) is 0 Å². The Balaban J connectivity index is 1.42. The van der Waals surface area contributed by atoms with Gasteiger partial charge in [0.1, 0.15) is 18.0 Å².